The highest BCUT2D eigenvalue weighted by Crippen LogP contribution is 2.11. The average molecular weight is 544 g/mol. The van der Waals surface area contributed by atoms with Gasteiger partial charge in [0.1, 0.15) is 0 Å². The zero-order valence-corrected chi connectivity index (χ0v) is 25.4. The number of unbranched alkanes of at least 4 members (excludes halogenated alkanes) is 12. The maximum absolute atomic E-state index is 12.2. The minimum atomic E-state index is -0.865. The number of amides is 1. The summed E-state index contributed by atoms with van der Waals surface area (Å²) in [6.45, 7) is 4.11. The van der Waals surface area contributed by atoms with Gasteiger partial charge in [-0.3, -0.25) is 4.79 Å². The largest absolute Gasteiger partial charge is 0.394 e. The van der Waals surface area contributed by atoms with Gasteiger partial charge in [0.2, 0.25) is 5.91 Å². The lowest BCUT2D eigenvalue weighted by Gasteiger charge is -2.19. The molecule has 0 spiro atoms. The van der Waals surface area contributed by atoms with Gasteiger partial charge in [0.25, 0.3) is 0 Å². The minimum absolute atomic E-state index is 0.0911. The highest BCUT2D eigenvalue weighted by Gasteiger charge is 2.17. The summed E-state index contributed by atoms with van der Waals surface area (Å²) in [4.78, 5) is 12.2. The Kier molecular flexibility index (Phi) is 29.1. The van der Waals surface area contributed by atoms with Crippen LogP contribution in [-0.2, 0) is 4.79 Å². The Hall–Kier alpha value is -1.91. The molecule has 1 amide bonds. The molecule has 39 heavy (non-hydrogen) atoms. The van der Waals surface area contributed by atoms with E-state index in [4.69, 9.17) is 0 Å². The second-order valence-corrected chi connectivity index (χ2v) is 10.5. The van der Waals surface area contributed by atoms with Crippen molar-refractivity contribution in [3.8, 4) is 0 Å². The summed E-state index contributed by atoms with van der Waals surface area (Å²) >= 11 is 0. The number of aliphatic hydroxyl groups excluding tert-OH is 2. The van der Waals surface area contributed by atoms with Gasteiger partial charge in [-0.25, -0.2) is 0 Å². The Morgan fingerprint density at radius 3 is 1.79 bits per heavy atom. The number of allylic oxidation sites excluding steroid dienone is 9. The molecule has 0 aliphatic heterocycles. The van der Waals surface area contributed by atoms with E-state index in [0.717, 1.165) is 64.2 Å². The number of hydrogen-bond donors (Lipinski definition) is 3. The van der Waals surface area contributed by atoms with Gasteiger partial charge in [0.15, 0.2) is 0 Å². The third-order valence-corrected chi connectivity index (χ3v) is 6.73. The van der Waals surface area contributed by atoms with Crippen molar-refractivity contribution < 1.29 is 15.0 Å². The van der Waals surface area contributed by atoms with Gasteiger partial charge in [-0.05, 0) is 64.2 Å². The van der Waals surface area contributed by atoms with Crippen LogP contribution in [0.4, 0.5) is 0 Å². The summed E-state index contributed by atoms with van der Waals surface area (Å²) in [5, 5.41) is 22.7. The van der Waals surface area contributed by atoms with Crippen LogP contribution in [0.1, 0.15) is 136 Å². The number of hydrogen-bond acceptors (Lipinski definition) is 3. The van der Waals surface area contributed by atoms with E-state index in [0.29, 0.717) is 6.42 Å². The highest BCUT2D eigenvalue weighted by atomic mass is 16.3. The van der Waals surface area contributed by atoms with E-state index < -0.39 is 12.1 Å². The maximum atomic E-state index is 12.2. The highest BCUT2D eigenvalue weighted by molar-refractivity contribution is 5.76. The van der Waals surface area contributed by atoms with Crippen LogP contribution in [0.3, 0.4) is 0 Å². The van der Waals surface area contributed by atoms with Crippen LogP contribution in [0, 0.1) is 0 Å². The summed E-state index contributed by atoms with van der Waals surface area (Å²) < 4.78 is 0. The second-order valence-electron chi connectivity index (χ2n) is 10.5. The van der Waals surface area contributed by atoms with Crippen molar-refractivity contribution in [3.05, 3.63) is 60.8 Å². The molecule has 0 aromatic rings. The molecule has 224 valence electrons. The summed E-state index contributed by atoms with van der Waals surface area (Å²) in [6.07, 6.45) is 41.5. The van der Waals surface area contributed by atoms with Crippen molar-refractivity contribution in [3.63, 3.8) is 0 Å². The summed E-state index contributed by atoms with van der Waals surface area (Å²) in [7, 11) is 0. The van der Waals surface area contributed by atoms with Gasteiger partial charge in [-0.2, -0.15) is 0 Å². The van der Waals surface area contributed by atoms with E-state index in [1.807, 2.05) is 6.08 Å². The Labute approximate surface area is 241 Å². The quantitative estimate of drug-likeness (QED) is 0.0715. The molecule has 0 radical (unpaired) electrons. The molecule has 0 saturated carbocycles. The van der Waals surface area contributed by atoms with E-state index in [2.05, 4.69) is 67.8 Å². The van der Waals surface area contributed by atoms with Crippen LogP contribution < -0.4 is 5.32 Å². The molecular weight excluding hydrogens is 482 g/mol. The normalized spacial score (nSPS) is 14.1. The summed E-state index contributed by atoms with van der Waals surface area (Å²) in [5.41, 5.74) is 0. The third-order valence-electron chi connectivity index (χ3n) is 6.73. The maximum Gasteiger partial charge on any atom is 0.220 e. The fraction of sp³-hybridized carbons (Fsp3) is 0.686. The SMILES string of the molecule is CC/C=C\C/C=C\C/C=C\CCCCCCCCCC(=O)NC(CO)C(O)/C=C/CC/C=C/CCCCCC. The van der Waals surface area contributed by atoms with Crippen LogP contribution in [0.5, 0.6) is 0 Å². The Bertz CT molecular complexity index is 677. The number of nitrogens with one attached hydrogen (secondary N) is 1. The van der Waals surface area contributed by atoms with Gasteiger partial charge in [0, 0.05) is 6.42 Å². The molecule has 0 aliphatic rings. The molecule has 3 N–H and O–H groups in total. The second kappa shape index (κ2) is 30.6. The molecule has 0 fully saturated rings. The predicted molar refractivity (Wildman–Crippen MR) is 170 cm³/mol. The lowest BCUT2D eigenvalue weighted by molar-refractivity contribution is -0.123. The topological polar surface area (TPSA) is 69.6 Å². The third kappa shape index (κ3) is 27.4. The van der Waals surface area contributed by atoms with Gasteiger partial charge >= 0.3 is 0 Å². The Morgan fingerprint density at radius 1 is 0.641 bits per heavy atom. The van der Waals surface area contributed by atoms with Crippen molar-refractivity contribution in [2.45, 2.75) is 148 Å². The lowest BCUT2D eigenvalue weighted by Crippen LogP contribution is -2.45. The molecule has 0 aromatic heterocycles. The van der Waals surface area contributed by atoms with E-state index in [1.54, 1.807) is 6.08 Å². The van der Waals surface area contributed by atoms with Crippen LogP contribution in [0.25, 0.3) is 0 Å². The zero-order valence-electron chi connectivity index (χ0n) is 25.4. The van der Waals surface area contributed by atoms with Gasteiger partial charge in [-0.1, -0.05) is 126 Å². The first kappa shape index (κ1) is 37.1. The Balaban J connectivity index is 3.73. The first-order valence-electron chi connectivity index (χ1n) is 16.0. The predicted octanol–water partition coefficient (Wildman–Crippen LogP) is 9.06. The molecule has 0 saturated heterocycles. The smallest absolute Gasteiger partial charge is 0.220 e. The number of carbonyl (C=O) groups is 1. The monoisotopic (exact) mass is 543 g/mol. The molecule has 0 aromatic carbocycles. The van der Waals surface area contributed by atoms with Crippen molar-refractivity contribution >= 4 is 5.91 Å². The van der Waals surface area contributed by atoms with Gasteiger partial charge in [0.05, 0.1) is 18.8 Å². The zero-order chi connectivity index (χ0) is 28.7. The number of aliphatic hydroxyl groups is 2. The van der Waals surface area contributed by atoms with E-state index in [9.17, 15) is 15.0 Å². The van der Waals surface area contributed by atoms with Crippen molar-refractivity contribution in [1.29, 1.82) is 0 Å². The number of rotatable bonds is 27. The molecular formula is C35H61NO3. The standard InChI is InChI=1S/C35H61NO3/c1-3-5-7-9-11-13-15-16-17-18-19-20-21-23-25-27-29-31-35(39)36-33(32-37)34(38)30-28-26-24-22-14-12-10-8-6-4-2/h5,7,11,13-14,16-17,22,28,30,33-34,37-38H,3-4,6,8-10,12,15,18-21,23-27,29,31-32H2,1-2H3,(H,36,39)/b7-5-,13-11-,17-16-,22-14+,30-28+. The first-order chi connectivity index (χ1) is 19.2. The molecule has 2 unspecified atom stereocenters. The average Bonchev–Trinajstić information content (AvgIpc) is 2.94. The van der Waals surface area contributed by atoms with E-state index in [-0.39, 0.29) is 12.5 Å². The fourth-order valence-corrected chi connectivity index (χ4v) is 4.26. The van der Waals surface area contributed by atoms with E-state index in [1.165, 1.54) is 51.4 Å². The van der Waals surface area contributed by atoms with E-state index >= 15 is 0 Å². The van der Waals surface area contributed by atoms with Crippen molar-refractivity contribution in [2.75, 3.05) is 6.61 Å². The van der Waals surface area contributed by atoms with Crippen LogP contribution in [-0.4, -0.2) is 34.9 Å². The summed E-state index contributed by atoms with van der Waals surface area (Å²) in [5.74, 6) is -0.0911. The molecule has 0 bridgehead atoms. The molecule has 4 nitrogen and oxygen atoms in total. The van der Waals surface area contributed by atoms with Gasteiger partial charge in [-0.15, -0.1) is 0 Å². The molecule has 0 heterocycles. The number of carbonyl (C=O) groups excluding carboxylic acids is 1. The van der Waals surface area contributed by atoms with Gasteiger partial charge < -0.3 is 15.5 Å². The summed E-state index contributed by atoms with van der Waals surface area (Å²) in [6, 6.07) is -0.643. The lowest BCUT2D eigenvalue weighted by atomic mass is 10.1. The van der Waals surface area contributed by atoms with Crippen LogP contribution in [0.15, 0.2) is 60.8 Å². The van der Waals surface area contributed by atoms with Crippen molar-refractivity contribution in [2.24, 2.45) is 0 Å². The Morgan fingerprint density at radius 2 is 1.15 bits per heavy atom. The van der Waals surface area contributed by atoms with Crippen molar-refractivity contribution in [1.82, 2.24) is 5.32 Å². The molecule has 0 aliphatic carbocycles. The minimum Gasteiger partial charge on any atom is -0.394 e. The van der Waals surface area contributed by atoms with Crippen LogP contribution in [0.2, 0.25) is 0 Å². The van der Waals surface area contributed by atoms with Crippen LogP contribution >= 0.6 is 0 Å². The molecule has 2 atom stereocenters. The fourth-order valence-electron chi connectivity index (χ4n) is 4.26. The molecule has 4 heteroatoms. The molecule has 0 rings (SSSR count). The first-order valence-corrected chi connectivity index (χ1v) is 16.0.